The van der Waals surface area contributed by atoms with Crippen molar-refractivity contribution in [3.63, 3.8) is 0 Å². The second-order valence-electron chi connectivity index (χ2n) is 8.64. The van der Waals surface area contributed by atoms with E-state index < -0.39 is 0 Å². The second kappa shape index (κ2) is 7.75. The fourth-order valence-corrected chi connectivity index (χ4v) is 4.68. The molecule has 0 atom stereocenters. The number of hydrogen-bond donors (Lipinski definition) is 0. The van der Waals surface area contributed by atoms with Gasteiger partial charge in [-0.1, -0.05) is 19.3 Å². The predicted octanol–water partition coefficient (Wildman–Crippen LogP) is 3.52. The Morgan fingerprint density at radius 1 is 0.933 bits per heavy atom. The Morgan fingerprint density at radius 3 is 2.47 bits per heavy atom. The van der Waals surface area contributed by atoms with Gasteiger partial charge in [-0.05, 0) is 68.9 Å². The number of imidazole rings is 1. The van der Waals surface area contributed by atoms with Crippen LogP contribution in [0.25, 0.3) is 5.65 Å². The van der Waals surface area contributed by atoms with Gasteiger partial charge >= 0.3 is 0 Å². The molecule has 30 heavy (non-hydrogen) atoms. The highest BCUT2D eigenvalue weighted by Crippen LogP contribution is 2.34. The maximum absolute atomic E-state index is 4.91. The number of anilines is 1. The van der Waals surface area contributed by atoms with Crippen molar-refractivity contribution < 1.29 is 0 Å². The fraction of sp³-hybridized carbons (Fsp3) is 0.565. The lowest BCUT2D eigenvalue weighted by molar-refractivity contribution is 0.441. The van der Waals surface area contributed by atoms with Gasteiger partial charge < -0.3 is 4.90 Å². The molecule has 0 spiro atoms. The lowest BCUT2D eigenvalue weighted by atomic mass is 9.83. The van der Waals surface area contributed by atoms with Gasteiger partial charge in [0.1, 0.15) is 5.69 Å². The lowest BCUT2D eigenvalue weighted by Gasteiger charge is -2.22. The highest BCUT2D eigenvalue weighted by Gasteiger charge is 2.21. The van der Waals surface area contributed by atoms with Crippen molar-refractivity contribution in [2.45, 2.75) is 64.7 Å². The fourth-order valence-electron chi connectivity index (χ4n) is 4.68. The molecule has 7 nitrogen and oxygen atoms in total. The van der Waals surface area contributed by atoms with Crippen molar-refractivity contribution >= 4 is 11.6 Å². The van der Waals surface area contributed by atoms with E-state index in [1.54, 1.807) is 4.68 Å². The van der Waals surface area contributed by atoms with Gasteiger partial charge in [0.25, 0.3) is 0 Å². The van der Waals surface area contributed by atoms with Crippen molar-refractivity contribution in [1.82, 2.24) is 29.4 Å². The summed E-state index contributed by atoms with van der Waals surface area (Å²) >= 11 is 0. The Hall–Kier alpha value is -2.88. The minimum Gasteiger partial charge on any atom is -0.340 e. The van der Waals surface area contributed by atoms with Crippen molar-refractivity contribution in [3.05, 3.63) is 34.5 Å². The maximum atomic E-state index is 4.91. The summed E-state index contributed by atoms with van der Waals surface area (Å²) in [4.78, 5) is 11.6. The van der Waals surface area contributed by atoms with E-state index >= 15 is 0 Å². The smallest absolute Gasteiger partial charge is 0.245 e. The molecule has 2 aliphatic rings. The normalized spacial score (nSPS) is 17.5. The molecule has 0 bridgehead atoms. The zero-order valence-corrected chi connectivity index (χ0v) is 18.1. The molecule has 3 aromatic rings. The topological polar surface area (TPSA) is 64.1 Å². The molecular weight excluding hydrogens is 374 g/mol. The number of aromatic nitrogens is 6. The van der Waals surface area contributed by atoms with Gasteiger partial charge in [-0.3, -0.25) is 0 Å². The first kappa shape index (κ1) is 19.1. The number of hydrogen-bond acceptors (Lipinski definition) is 5. The zero-order valence-electron chi connectivity index (χ0n) is 18.1. The van der Waals surface area contributed by atoms with Gasteiger partial charge in [-0.25, -0.2) is 14.2 Å². The van der Waals surface area contributed by atoms with Gasteiger partial charge in [-0.2, -0.15) is 10.1 Å². The molecule has 1 saturated heterocycles. The Kier molecular flexibility index (Phi) is 4.93. The third kappa shape index (κ3) is 3.45. The Morgan fingerprint density at radius 2 is 1.70 bits per heavy atom. The summed E-state index contributed by atoms with van der Waals surface area (Å²) in [5, 5.41) is 9.49. The first-order chi connectivity index (χ1) is 14.6. The van der Waals surface area contributed by atoms with E-state index in [-0.39, 0.29) is 0 Å². The van der Waals surface area contributed by atoms with E-state index in [0.717, 1.165) is 41.8 Å². The van der Waals surface area contributed by atoms with Crippen molar-refractivity contribution in [1.29, 1.82) is 0 Å². The van der Waals surface area contributed by atoms with Crippen molar-refractivity contribution in [2.24, 2.45) is 7.05 Å². The third-order valence-electron chi connectivity index (χ3n) is 6.58. The zero-order chi connectivity index (χ0) is 20.7. The molecular formula is C23H29N7. The minimum atomic E-state index is 0.512. The Balaban J connectivity index is 1.56. The molecule has 1 saturated carbocycles. The summed E-state index contributed by atoms with van der Waals surface area (Å²) < 4.78 is 3.71. The SMILES string of the molecule is Cc1nc2cc(C3CCCCC3)c(C#Cc3nc(N4CCCC4)nn3C)nn2c1C. The average Bonchev–Trinajstić information content (AvgIpc) is 3.47. The highest BCUT2D eigenvalue weighted by atomic mass is 15.4. The molecule has 156 valence electrons. The van der Waals surface area contributed by atoms with Crippen LogP contribution in [0.4, 0.5) is 5.95 Å². The van der Waals surface area contributed by atoms with Crippen LogP contribution in [-0.4, -0.2) is 42.5 Å². The molecule has 0 N–H and O–H groups in total. The summed E-state index contributed by atoms with van der Waals surface area (Å²) in [6, 6.07) is 2.21. The second-order valence-corrected chi connectivity index (χ2v) is 8.64. The quantitative estimate of drug-likeness (QED) is 0.613. The largest absolute Gasteiger partial charge is 0.340 e. The van der Waals surface area contributed by atoms with Crippen LogP contribution in [0.5, 0.6) is 0 Å². The standard InChI is InChI=1S/C23H29N7/c1-16-17(2)30-22(24-16)15-19(18-9-5-4-6-10-18)20(26-30)11-12-21-25-23(27-28(21)3)29-13-7-8-14-29/h15,18H,4-10,13-14H2,1-3H3. The summed E-state index contributed by atoms with van der Waals surface area (Å²) in [5.41, 5.74) is 5.09. The van der Waals surface area contributed by atoms with Crippen LogP contribution < -0.4 is 4.90 Å². The number of aryl methyl sites for hydroxylation is 3. The molecule has 1 aliphatic heterocycles. The average molecular weight is 404 g/mol. The molecule has 2 fully saturated rings. The van der Waals surface area contributed by atoms with Crippen LogP contribution in [0.15, 0.2) is 6.07 Å². The van der Waals surface area contributed by atoms with Crippen LogP contribution in [0.3, 0.4) is 0 Å². The van der Waals surface area contributed by atoms with Crippen molar-refractivity contribution in [3.8, 4) is 11.8 Å². The maximum Gasteiger partial charge on any atom is 0.245 e. The van der Waals surface area contributed by atoms with Gasteiger partial charge in [0.05, 0.1) is 11.4 Å². The highest BCUT2D eigenvalue weighted by molar-refractivity contribution is 5.51. The van der Waals surface area contributed by atoms with Crippen molar-refractivity contribution in [2.75, 3.05) is 18.0 Å². The van der Waals surface area contributed by atoms with E-state index in [9.17, 15) is 0 Å². The first-order valence-electron chi connectivity index (χ1n) is 11.1. The predicted molar refractivity (Wildman–Crippen MR) is 117 cm³/mol. The Labute approximate surface area is 177 Å². The molecule has 0 aromatic carbocycles. The lowest BCUT2D eigenvalue weighted by Crippen LogP contribution is -2.19. The molecule has 1 aliphatic carbocycles. The van der Waals surface area contributed by atoms with Crippen LogP contribution in [-0.2, 0) is 7.05 Å². The Bertz CT molecular complexity index is 1130. The number of rotatable bonds is 2. The summed E-state index contributed by atoms with van der Waals surface area (Å²) in [7, 11) is 1.92. The summed E-state index contributed by atoms with van der Waals surface area (Å²) in [6.07, 6.45) is 8.69. The van der Waals surface area contributed by atoms with Crippen LogP contribution in [0.2, 0.25) is 0 Å². The van der Waals surface area contributed by atoms with Gasteiger partial charge in [0.2, 0.25) is 11.8 Å². The van der Waals surface area contributed by atoms with Gasteiger partial charge in [0, 0.05) is 20.1 Å². The van der Waals surface area contributed by atoms with E-state index in [0.29, 0.717) is 11.7 Å². The van der Waals surface area contributed by atoms with Gasteiger partial charge in [0.15, 0.2) is 5.65 Å². The molecule has 5 rings (SSSR count). The molecule has 0 unspecified atom stereocenters. The molecule has 0 radical (unpaired) electrons. The molecule has 7 heteroatoms. The van der Waals surface area contributed by atoms with Gasteiger partial charge in [-0.15, -0.1) is 5.10 Å². The van der Waals surface area contributed by atoms with E-state index in [2.05, 4.69) is 34.8 Å². The van der Waals surface area contributed by atoms with E-state index in [1.165, 1.54) is 50.5 Å². The van der Waals surface area contributed by atoms with Crippen LogP contribution in [0, 0.1) is 25.7 Å². The minimum absolute atomic E-state index is 0.512. The van der Waals surface area contributed by atoms with E-state index in [1.807, 2.05) is 18.5 Å². The monoisotopic (exact) mass is 403 g/mol. The molecule has 0 amide bonds. The molecule has 3 aromatic heterocycles. The van der Waals surface area contributed by atoms with Crippen LogP contribution in [0.1, 0.15) is 79.3 Å². The third-order valence-corrected chi connectivity index (χ3v) is 6.58. The number of nitrogens with zero attached hydrogens (tertiary/aromatic N) is 7. The van der Waals surface area contributed by atoms with E-state index in [4.69, 9.17) is 15.1 Å². The van der Waals surface area contributed by atoms with Crippen LogP contribution >= 0.6 is 0 Å². The first-order valence-corrected chi connectivity index (χ1v) is 11.1. The summed E-state index contributed by atoms with van der Waals surface area (Å²) in [6.45, 7) is 6.15. The number of fused-ring (bicyclic) bond motifs is 1. The summed E-state index contributed by atoms with van der Waals surface area (Å²) in [5.74, 6) is 8.60. The molecule has 4 heterocycles.